The van der Waals surface area contributed by atoms with Crippen molar-refractivity contribution < 1.29 is 9.90 Å². The second-order valence-corrected chi connectivity index (χ2v) is 4.84. The van der Waals surface area contributed by atoms with Crippen molar-refractivity contribution >= 4 is 5.78 Å². The van der Waals surface area contributed by atoms with Crippen molar-refractivity contribution in [3.63, 3.8) is 0 Å². The van der Waals surface area contributed by atoms with E-state index in [0.29, 0.717) is 12.8 Å². The zero-order valence-corrected chi connectivity index (χ0v) is 9.31. The van der Waals surface area contributed by atoms with Crippen LogP contribution in [0.5, 0.6) is 0 Å². The van der Waals surface area contributed by atoms with Gasteiger partial charge in [-0.25, -0.2) is 0 Å². The molecule has 0 aliphatic heterocycles. The lowest BCUT2D eigenvalue weighted by atomic mass is 9.70. The molecule has 0 bridgehead atoms. The largest absolute Gasteiger partial charge is 0.392 e. The maximum absolute atomic E-state index is 11.9. The van der Waals surface area contributed by atoms with Crippen molar-refractivity contribution in [2.45, 2.75) is 19.8 Å². The topological polar surface area (TPSA) is 61.1 Å². The third kappa shape index (κ3) is 1.50. The van der Waals surface area contributed by atoms with Gasteiger partial charge in [0.05, 0.1) is 18.6 Å². The number of nitriles is 1. The summed E-state index contributed by atoms with van der Waals surface area (Å²) in [5.74, 6) is -0.0824. The molecule has 0 aromatic rings. The molecule has 3 nitrogen and oxygen atoms in total. The zero-order chi connectivity index (χ0) is 11.8. The van der Waals surface area contributed by atoms with Crippen LogP contribution in [0.15, 0.2) is 23.8 Å². The van der Waals surface area contributed by atoms with E-state index < -0.39 is 5.41 Å². The fourth-order valence-electron chi connectivity index (χ4n) is 2.78. The molecule has 0 saturated carbocycles. The van der Waals surface area contributed by atoms with Gasteiger partial charge in [-0.15, -0.1) is 0 Å². The Morgan fingerprint density at radius 1 is 1.69 bits per heavy atom. The Hall–Kier alpha value is -1.40. The number of aliphatic hydroxyl groups is 1. The van der Waals surface area contributed by atoms with Gasteiger partial charge in [-0.2, -0.15) is 5.26 Å². The fraction of sp³-hybridized carbons (Fsp3) is 0.538. The standard InChI is InChI=1S/C13H15NO2/c1-13-6-9(8-15)2-3-10(7-14)11(13)4-5-12(13)16/h2,4-5,10-11,15H,3,6,8H2,1H3/t10?,11-,13+/m1/s1. The van der Waals surface area contributed by atoms with Crippen LogP contribution >= 0.6 is 0 Å². The normalized spacial score (nSPS) is 37.6. The molecule has 84 valence electrons. The molecule has 2 aliphatic rings. The van der Waals surface area contributed by atoms with Crippen LogP contribution in [0, 0.1) is 28.6 Å². The van der Waals surface area contributed by atoms with Crippen LogP contribution in [-0.2, 0) is 4.79 Å². The molecule has 16 heavy (non-hydrogen) atoms. The maximum Gasteiger partial charge on any atom is 0.162 e. The molecule has 0 saturated heterocycles. The molecule has 1 N–H and O–H groups in total. The van der Waals surface area contributed by atoms with Crippen LogP contribution in [0.3, 0.4) is 0 Å². The number of hydrogen-bond acceptors (Lipinski definition) is 3. The number of ketones is 1. The second-order valence-electron chi connectivity index (χ2n) is 4.84. The highest BCUT2D eigenvalue weighted by molar-refractivity contribution is 5.97. The molecule has 2 rings (SSSR count). The van der Waals surface area contributed by atoms with Gasteiger partial charge in [0.1, 0.15) is 0 Å². The number of carbonyl (C=O) groups is 1. The number of nitrogens with zero attached hydrogens (tertiary/aromatic N) is 1. The molecular weight excluding hydrogens is 202 g/mol. The van der Waals surface area contributed by atoms with E-state index in [9.17, 15) is 9.90 Å². The monoisotopic (exact) mass is 217 g/mol. The van der Waals surface area contributed by atoms with Crippen LogP contribution in [0.4, 0.5) is 0 Å². The molecule has 0 aromatic carbocycles. The van der Waals surface area contributed by atoms with Crippen molar-refractivity contribution in [3.8, 4) is 6.07 Å². The van der Waals surface area contributed by atoms with Crippen LogP contribution < -0.4 is 0 Å². The zero-order valence-electron chi connectivity index (χ0n) is 9.31. The molecule has 0 spiro atoms. The number of hydrogen-bond donors (Lipinski definition) is 1. The lowest BCUT2D eigenvalue weighted by molar-refractivity contribution is -0.124. The smallest absolute Gasteiger partial charge is 0.162 e. The minimum Gasteiger partial charge on any atom is -0.392 e. The first-order valence-electron chi connectivity index (χ1n) is 5.53. The van der Waals surface area contributed by atoms with Gasteiger partial charge in [-0.1, -0.05) is 19.1 Å². The number of fused-ring (bicyclic) bond motifs is 1. The third-order valence-corrected chi connectivity index (χ3v) is 3.81. The highest BCUT2D eigenvalue weighted by atomic mass is 16.3. The SMILES string of the molecule is C[C@]12CC(CO)=CCC(C#N)[C@H]1C=CC2=O. The van der Waals surface area contributed by atoms with E-state index in [-0.39, 0.29) is 24.2 Å². The highest BCUT2D eigenvalue weighted by Gasteiger charge is 2.47. The Balaban J connectivity index is 2.40. The first-order valence-corrected chi connectivity index (χ1v) is 5.53. The van der Waals surface area contributed by atoms with Gasteiger partial charge >= 0.3 is 0 Å². The molecular formula is C13H15NO2. The first-order chi connectivity index (χ1) is 7.61. The lowest BCUT2D eigenvalue weighted by Gasteiger charge is -2.30. The highest BCUT2D eigenvalue weighted by Crippen LogP contribution is 2.47. The summed E-state index contributed by atoms with van der Waals surface area (Å²) in [4.78, 5) is 11.9. The van der Waals surface area contributed by atoms with E-state index in [1.54, 1.807) is 6.08 Å². The predicted molar refractivity (Wildman–Crippen MR) is 59.2 cm³/mol. The van der Waals surface area contributed by atoms with Gasteiger partial charge in [-0.05, 0) is 24.5 Å². The summed E-state index contributed by atoms with van der Waals surface area (Å²) in [5, 5.41) is 18.3. The van der Waals surface area contributed by atoms with Crippen LogP contribution in [0.1, 0.15) is 19.8 Å². The van der Waals surface area contributed by atoms with Crippen molar-refractivity contribution in [2.75, 3.05) is 6.61 Å². The van der Waals surface area contributed by atoms with Crippen molar-refractivity contribution in [1.82, 2.24) is 0 Å². The summed E-state index contributed by atoms with van der Waals surface area (Å²) >= 11 is 0. The van der Waals surface area contributed by atoms with E-state index in [0.717, 1.165) is 5.57 Å². The van der Waals surface area contributed by atoms with Gasteiger partial charge < -0.3 is 5.11 Å². The van der Waals surface area contributed by atoms with Gasteiger partial charge in [0.15, 0.2) is 5.78 Å². The van der Waals surface area contributed by atoms with Crippen molar-refractivity contribution in [2.24, 2.45) is 17.3 Å². The number of allylic oxidation sites excluding steroid dienone is 3. The molecule has 0 aromatic heterocycles. The second kappa shape index (κ2) is 3.88. The molecule has 1 unspecified atom stereocenters. The Morgan fingerprint density at radius 2 is 2.44 bits per heavy atom. The molecule has 0 amide bonds. The molecule has 0 radical (unpaired) electrons. The van der Waals surface area contributed by atoms with Crippen molar-refractivity contribution in [1.29, 1.82) is 5.26 Å². The molecule has 3 heteroatoms. The summed E-state index contributed by atoms with van der Waals surface area (Å²) in [6, 6.07) is 2.28. The molecule has 0 heterocycles. The number of aliphatic hydroxyl groups excluding tert-OH is 1. The summed E-state index contributed by atoms with van der Waals surface area (Å²) in [5.41, 5.74) is 0.355. The average Bonchev–Trinajstić information content (AvgIpc) is 2.49. The Bertz CT molecular complexity index is 416. The summed E-state index contributed by atoms with van der Waals surface area (Å²) in [7, 11) is 0. The van der Waals surface area contributed by atoms with Crippen molar-refractivity contribution in [3.05, 3.63) is 23.8 Å². The summed E-state index contributed by atoms with van der Waals surface area (Å²) in [6.45, 7) is 1.88. The van der Waals surface area contributed by atoms with Gasteiger partial charge in [0.25, 0.3) is 0 Å². The van der Waals surface area contributed by atoms with E-state index in [1.807, 2.05) is 19.1 Å². The fourth-order valence-corrected chi connectivity index (χ4v) is 2.78. The van der Waals surface area contributed by atoms with E-state index >= 15 is 0 Å². The van der Waals surface area contributed by atoms with Gasteiger partial charge in [0.2, 0.25) is 0 Å². The summed E-state index contributed by atoms with van der Waals surface area (Å²) in [6.07, 6.45) is 6.57. The van der Waals surface area contributed by atoms with E-state index in [2.05, 4.69) is 6.07 Å². The Labute approximate surface area is 95.1 Å². The molecule has 3 atom stereocenters. The maximum atomic E-state index is 11.9. The quantitative estimate of drug-likeness (QED) is 0.678. The summed E-state index contributed by atoms with van der Waals surface area (Å²) < 4.78 is 0. The van der Waals surface area contributed by atoms with Crippen LogP contribution in [-0.4, -0.2) is 17.5 Å². The molecule has 2 aliphatic carbocycles. The first kappa shape index (κ1) is 11.1. The van der Waals surface area contributed by atoms with Gasteiger partial charge in [-0.3, -0.25) is 4.79 Å². The number of rotatable bonds is 1. The van der Waals surface area contributed by atoms with Crippen LogP contribution in [0.2, 0.25) is 0 Å². The Morgan fingerprint density at radius 3 is 3.06 bits per heavy atom. The lowest BCUT2D eigenvalue weighted by Crippen LogP contribution is -2.33. The third-order valence-electron chi connectivity index (χ3n) is 3.81. The van der Waals surface area contributed by atoms with E-state index in [4.69, 9.17) is 5.26 Å². The molecule has 0 fully saturated rings. The Kier molecular flexibility index (Phi) is 2.69. The van der Waals surface area contributed by atoms with E-state index in [1.165, 1.54) is 0 Å². The average molecular weight is 217 g/mol. The number of carbonyl (C=O) groups excluding carboxylic acids is 1. The predicted octanol–water partition coefficient (Wildman–Crippen LogP) is 1.60. The minimum atomic E-state index is -0.522. The minimum absolute atomic E-state index is 0.00898. The van der Waals surface area contributed by atoms with Gasteiger partial charge in [0, 0.05) is 11.3 Å². The van der Waals surface area contributed by atoms with Crippen LogP contribution in [0.25, 0.3) is 0 Å².